The average molecular weight is 368 g/mol. The molecule has 0 saturated carbocycles. The zero-order chi connectivity index (χ0) is 18.1. The Morgan fingerprint density at radius 2 is 1.88 bits per heavy atom. The lowest BCUT2D eigenvalue weighted by atomic mass is 10.1. The van der Waals surface area contributed by atoms with Crippen molar-refractivity contribution in [1.29, 1.82) is 0 Å². The van der Waals surface area contributed by atoms with Crippen LogP contribution >= 0.6 is 0 Å². The van der Waals surface area contributed by atoms with Crippen LogP contribution in [0.3, 0.4) is 0 Å². The number of benzene rings is 1. The summed E-state index contributed by atoms with van der Waals surface area (Å²) in [6.07, 6.45) is 5.74. The highest BCUT2D eigenvalue weighted by Gasteiger charge is 2.17. The van der Waals surface area contributed by atoms with Gasteiger partial charge in [0.05, 0.1) is 22.2 Å². The van der Waals surface area contributed by atoms with E-state index >= 15 is 0 Å². The number of nitrogens with zero attached hydrogens (tertiary/aromatic N) is 3. The van der Waals surface area contributed by atoms with Crippen molar-refractivity contribution in [3.63, 3.8) is 0 Å². The van der Waals surface area contributed by atoms with E-state index in [0.717, 1.165) is 34.7 Å². The number of anilines is 1. The molecule has 1 saturated heterocycles. The first kappa shape index (κ1) is 17.3. The zero-order valence-electron chi connectivity index (χ0n) is 15.4. The fraction of sp³-hybridized carbons (Fsp3) is 0.381. The van der Waals surface area contributed by atoms with E-state index in [2.05, 4.69) is 35.0 Å². The Labute approximate surface area is 157 Å². The predicted octanol–water partition coefficient (Wildman–Crippen LogP) is 4.18. The quantitative estimate of drug-likeness (QED) is 0.694. The number of aryl methyl sites for hydroxylation is 2. The summed E-state index contributed by atoms with van der Waals surface area (Å²) >= 11 is 0. The van der Waals surface area contributed by atoms with E-state index in [1.807, 2.05) is 36.0 Å². The van der Waals surface area contributed by atoms with Crippen LogP contribution in [-0.2, 0) is 23.6 Å². The molecule has 1 fully saturated rings. The van der Waals surface area contributed by atoms with Crippen LogP contribution < -0.4 is 4.90 Å². The fourth-order valence-electron chi connectivity index (χ4n) is 3.80. The van der Waals surface area contributed by atoms with E-state index in [9.17, 15) is 4.21 Å². The Bertz CT molecular complexity index is 957. The van der Waals surface area contributed by atoms with E-state index in [1.54, 1.807) is 0 Å². The molecule has 0 amide bonds. The standard InChI is InChI=1S/C21H25N3OS/c1-16-14-22-18(13-20(16)24-10-6-3-7-11-24)15-26(25)21-12-17-8-4-5-9-19(17)23(21)2/h4-5,8-9,12-14H,3,6-7,10-11,15H2,1-2H3. The van der Waals surface area contributed by atoms with Crippen LogP contribution in [0.15, 0.2) is 47.6 Å². The Kier molecular flexibility index (Phi) is 4.81. The molecule has 4 rings (SSSR count). The van der Waals surface area contributed by atoms with Gasteiger partial charge in [-0.1, -0.05) is 18.2 Å². The lowest BCUT2D eigenvalue weighted by Gasteiger charge is -2.30. The van der Waals surface area contributed by atoms with Crippen molar-refractivity contribution in [1.82, 2.24) is 9.55 Å². The minimum Gasteiger partial charge on any atom is -0.371 e. The number of fused-ring (bicyclic) bond motifs is 1. The van der Waals surface area contributed by atoms with Crippen LogP contribution in [0.2, 0.25) is 0 Å². The first-order valence-electron chi connectivity index (χ1n) is 9.27. The molecule has 5 heteroatoms. The Morgan fingerprint density at radius 3 is 2.65 bits per heavy atom. The highest BCUT2D eigenvalue weighted by Crippen LogP contribution is 2.26. The van der Waals surface area contributed by atoms with Gasteiger partial charge in [0.15, 0.2) is 0 Å². The van der Waals surface area contributed by atoms with Crippen LogP contribution in [0, 0.1) is 6.92 Å². The zero-order valence-corrected chi connectivity index (χ0v) is 16.3. The molecule has 1 aliphatic heterocycles. The monoisotopic (exact) mass is 367 g/mol. The highest BCUT2D eigenvalue weighted by atomic mass is 32.2. The first-order valence-corrected chi connectivity index (χ1v) is 10.6. The number of aromatic nitrogens is 2. The molecule has 1 aromatic carbocycles. The summed E-state index contributed by atoms with van der Waals surface area (Å²) in [6.45, 7) is 4.33. The second-order valence-electron chi connectivity index (χ2n) is 7.10. The topological polar surface area (TPSA) is 38.1 Å². The molecule has 0 spiro atoms. The fourth-order valence-corrected chi connectivity index (χ4v) is 5.04. The van der Waals surface area contributed by atoms with E-state index in [4.69, 9.17) is 0 Å². The molecule has 0 N–H and O–H groups in total. The van der Waals surface area contributed by atoms with Crippen molar-refractivity contribution in [2.45, 2.75) is 37.0 Å². The van der Waals surface area contributed by atoms with Crippen molar-refractivity contribution in [3.8, 4) is 0 Å². The molecule has 1 unspecified atom stereocenters. The third-order valence-corrected chi connectivity index (χ3v) is 6.66. The van der Waals surface area contributed by atoms with Crippen molar-refractivity contribution in [2.24, 2.45) is 7.05 Å². The van der Waals surface area contributed by atoms with Gasteiger partial charge in [0.1, 0.15) is 5.03 Å². The number of hydrogen-bond acceptors (Lipinski definition) is 3. The molecule has 0 radical (unpaired) electrons. The van der Waals surface area contributed by atoms with E-state index in [0.29, 0.717) is 5.75 Å². The smallest absolute Gasteiger partial charge is 0.107 e. The number of rotatable bonds is 4. The summed E-state index contributed by atoms with van der Waals surface area (Å²) in [5.41, 5.74) is 4.47. The predicted molar refractivity (Wildman–Crippen MR) is 108 cm³/mol. The van der Waals surface area contributed by atoms with Crippen molar-refractivity contribution in [2.75, 3.05) is 18.0 Å². The van der Waals surface area contributed by atoms with Gasteiger partial charge in [-0.05, 0) is 49.9 Å². The molecule has 4 nitrogen and oxygen atoms in total. The summed E-state index contributed by atoms with van der Waals surface area (Å²) in [4.78, 5) is 7.00. The largest absolute Gasteiger partial charge is 0.371 e. The Hall–Kier alpha value is -2.14. The van der Waals surface area contributed by atoms with Gasteiger partial charge >= 0.3 is 0 Å². The van der Waals surface area contributed by atoms with Gasteiger partial charge in [0, 0.05) is 42.9 Å². The van der Waals surface area contributed by atoms with Crippen molar-refractivity contribution in [3.05, 3.63) is 53.9 Å². The lowest BCUT2D eigenvalue weighted by molar-refractivity contribution is 0.576. The molecule has 0 bridgehead atoms. The van der Waals surface area contributed by atoms with E-state index in [-0.39, 0.29) is 0 Å². The molecule has 3 heterocycles. The van der Waals surface area contributed by atoms with Crippen molar-refractivity contribution >= 4 is 27.4 Å². The molecular formula is C21H25N3OS. The van der Waals surface area contributed by atoms with Gasteiger partial charge in [-0.25, -0.2) is 0 Å². The Morgan fingerprint density at radius 1 is 1.12 bits per heavy atom. The second kappa shape index (κ2) is 7.23. The van der Waals surface area contributed by atoms with Gasteiger partial charge in [-0.15, -0.1) is 0 Å². The number of para-hydroxylation sites is 1. The first-order chi connectivity index (χ1) is 12.6. The van der Waals surface area contributed by atoms with Crippen LogP contribution in [-0.4, -0.2) is 26.8 Å². The summed E-state index contributed by atoms with van der Waals surface area (Å²) < 4.78 is 15.0. The van der Waals surface area contributed by atoms with Crippen LogP contribution in [0.5, 0.6) is 0 Å². The average Bonchev–Trinajstić information content (AvgIpc) is 3.01. The van der Waals surface area contributed by atoms with Gasteiger partial charge in [-0.3, -0.25) is 9.19 Å². The van der Waals surface area contributed by atoms with Gasteiger partial charge in [0.25, 0.3) is 0 Å². The van der Waals surface area contributed by atoms with Gasteiger partial charge in [0.2, 0.25) is 0 Å². The second-order valence-corrected chi connectivity index (χ2v) is 8.50. The molecule has 26 heavy (non-hydrogen) atoms. The summed E-state index contributed by atoms with van der Waals surface area (Å²) in [6, 6.07) is 12.3. The summed E-state index contributed by atoms with van der Waals surface area (Å²) in [5, 5.41) is 1.98. The molecule has 136 valence electrons. The number of piperidine rings is 1. The normalized spacial score (nSPS) is 16.2. The third-order valence-electron chi connectivity index (χ3n) is 5.25. The Balaban J connectivity index is 1.60. The molecule has 3 aromatic rings. The lowest BCUT2D eigenvalue weighted by Crippen LogP contribution is -2.30. The SMILES string of the molecule is Cc1cnc(CS(=O)c2cc3ccccc3n2C)cc1N1CCCCC1. The van der Waals surface area contributed by atoms with E-state index in [1.165, 1.54) is 30.5 Å². The van der Waals surface area contributed by atoms with Crippen molar-refractivity contribution < 1.29 is 4.21 Å². The van der Waals surface area contributed by atoms with E-state index < -0.39 is 10.8 Å². The minimum atomic E-state index is -1.12. The molecule has 0 aliphatic carbocycles. The van der Waals surface area contributed by atoms with Gasteiger partial charge in [-0.2, -0.15) is 0 Å². The molecule has 1 aliphatic rings. The van der Waals surface area contributed by atoms with Gasteiger partial charge < -0.3 is 9.47 Å². The van der Waals surface area contributed by atoms with Crippen LogP contribution in [0.1, 0.15) is 30.5 Å². The summed E-state index contributed by atoms with van der Waals surface area (Å²) in [7, 11) is 0.867. The molecular weight excluding hydrogens is 342 g/mol. The van der Waals surface area contributed by atoms with Crippen LogP contribution in [0.25, 0.3) is 10.9 Å². The number of pyridine rings is 1. The number of hydrogen-bond donors (Lipinski definition) is 0. The molecule has 1 atom stereocenters. The highest BCUT2D eigenvalue weighted by molar-refractivity contribution is 7.84. The maximum Gasteiger partial charge on any atom is 0.107 e. The maximum absolute atomic E-state index is 13.0. The summed E-state index contributed by atoms with van der Waals surface area (Å²) in [5.74, 6) is 0.450. The minimum absolute atomic E-state index is 0.450. The molecule has 2 aromatic heterocycles. The third kappa shape index (κ3) is 3.28. The van der Waals surface area contributed by atoms with Crippen LogP contribution in [0.4, 0.5) is 5.69 Å². The maximum atomic E-state index is 13.0.